The van der Waals surface area contributed by atoms with Crippen LogP contribution in [-0.4, -0.2) is 39.6 Å². The highest BCUT2D eigenvalue weighted by Gasteiger charge is 2.53. The van der Waals surface area contributed by atoms with Gasteiger partial charge in [-0.3, -0.25) is 9.69 Å². The zero-order valence-corrected chi connectivity index (χ0v) is 13.3. The predicted octanol–water partition coefficient (Wildman–Crippen LogP) is 2.17. The summed E-state index contributed by atoms with van der Waals surface area (Å²) in [5.74, 6) is -0.731. The fourth-order valence-corrected chi connectivity index (χ4v) is 3.96. The van der Waals surface area contributed by atoms with E-state index in [0.717, 1.165) is 25.1 Å². The maximum atomic E-state index is 12.3. The number of carboxylic acids is 1. The number of thioether (sulfide) groups is 1. The molecule has 0 aromatic heterocycles. The van der Waals surface area contributed by atoms with Gasteiger partial charge in [0, 0.05) is 18.0 Å². The Labute approximate surface area is 129 Å². The van der Waals surface area contributed by atoms with E-state index in [-0.39, 0.29) is 22.9 Å². The van der Waals surface area contributed by atoms with Gasteiger partial charge in [0.1, 0.15) is 17.0 Å². The van der Waals surface area contributed by atoms with E-state index in [2.05, 4.69) is 12.2 Å². The molecule has 5 nitrogen and oxygen atoms in total. The molecule has 1 saturated heterocycles. The van der Waals surface area contributed by atoms with Gasteiger partial charge < -0.3 is 10.4 Å². The molecular formula is C15H22N2O3S. The van der Waals surface area contributed by atoms with Crippen molar-refractivity contribution in [2.75, 3.05) is 12.3 Å². The molecule has 0 aromatic carbocycles. The van der Waals surface area contributed by atoms with Crippen LogP contribution < -0.4 is 5.32 Å². The number of carboxylic acid groups (broad SMARTS) is 1. The van der Waals surface area contributed by atoms with Crippen molar-refractivity contribution in [1.82, 2.24) is 10.2 Å². The lowest BCUT2D eigenvalue weighted by atomic mass is 9.92. The molecule has 0 bridgehead atoms. The molecule has 2 aliphatic rings. The molecule has 0 aliphatic carbocycles. The van der Waals surface area contributed by atoms with Crippen LogP contribution in [0.25, 0.3) is 0 Å². The smallest absolute Gasteiger partial charge is 0.352 e. The van der Waals surface area contributed by atoms with Crippen molar-refractivity contribution in [3.8, 4) is 0 Å². The van der Waals surface area contributed by atoms with Gasteiger partial charge in [0.2, 0.25) is 5.91 Å². The van der Waals surface area contributed by atoms with Gasteiger partial charge in [0.25, 0.3) is 0 Å². The molecule has 1 fully saturated rings. The largest absolute Gasteiger partial charge is 0.477 e. The molecule has 0 saturated carbocycles. The number of carbonyl (C=O) groups is 2. The van der Waals surface area contributed by atoms with Crippen LogP contribution >= 0.6 is 11.8 Å². The Bertz CT molecular complexity index is 487. The molecule has 2 aliphatic heterocycles. The topological polar surface area (TPSA) is 69.6 Å². The Kier molecular flexibility index (Phi) is 5.33. The molecule has 0 radical (unpaired) electrons. The minimum Gasteiger partial charge on any atom is -0.477 e. The van der Waals surface area contributed by atoms with Gasteiger partial charge in [0.05, 0.1) is 0 Å². The minimum absolute atomic E-state index is 0.0847. The van der Waals surface area contributed by atoms with Crippen molar-refractivity contribution in [3.05, 3.63) is 23.5 Å². The highest BCUT2D eigenvalue weighted by atomic mass is 32.2. The first-order chi connectivity index (χ1) is 10.1. The zero-order chi connectivity index (χ0) is 15.4. The maximum Gasteiger partial charge on any atom is 0.352 e. The number of rotatable bonds is 7. The second-order valence-electron chi connectivity index (χ2n) is 5.18. The predicted molar refractivity (Wildman–Crippen MR) is 83.6 cm³/mol. The van der Waals surface area contributed by atoms with Crippen molar-refractivity contribution < 1.29 is 14.7 Å². The average Bonchev–Trinajstić information content (AvgIpc) is 2.48. The fourth-order valence-electron chi connectivity index (χ4n) is 2.69. The number of β-lactam (4-membered cyclic amide) rings is 1. The summed E-state index contributed by atoms with van der Waals surface area (Å²) in [6.45, 7) is 4.93. The third kappa shape index (κ3) is 3.10. The summed E-state index contributed by atoms with van der Waals surface area (Å²) in [5, 5.41) is 12.4. The van der Waals surface area contributed by atoms with Gasteiger partial charge >= 0.3 is 5.97 Å². The van der Waals surface area contributed by atoms with Crippen LogP contribution in [0.15, 0.2) is 23.5 Å². The molecule has 2 N–H and O–H groups in total. The second-order valence-corrected chi connectivity index (χ2v) is 6.33. The number of unbranched alkanes of at least 4 members (excludes halogenated alkanes) is 2. The maximum absolute atomic E-state index is 12.3. The van der Waals surface area contributed by atoms with Crippen molar-refractivity contribution in [2.24, 2.45) is 5.92 Å². The van der Waals surface area contributed by atoms with Crippen molar-refractivity contribution in [1.29, 1.82) is 0 Å². The first-order valence-corrected chi connectivity index (χ1v) is 8.44. The molecule has 0 spiro atoms. The first-order valence-electron chi connectivity index (χ1n) is 7.40. The number of nitrogens with one attached hydrogen (secondary N) is 1. The summed E-state index contributed by atoms with van der Waals surface area (Å²) in [6, 6.07) is 0. The minimum atomic E-state index is -1.02. The Hall–Kier alpha value is -1.43. The summed E-state index contributed by atoms with van der Waals surface area (Å²) >= 11 is 1.62. The molecule has 21 heavy (non-hydrogen) atoms. The normalized spacial score (nSPS) is 25.0. The molecule has 2 rings (SSSR count). The van der Waals surface area contributed by atoms with Gasteiger partial charge in [-0.25, -0.2) is 4.79 Å². The molecular weight excluding hydrogens is 288 g/mol. The fraction of sp³-hybridized carbons (Fsp3) is 0.600. The molecule has 2 heterocycles. The monoisotopic (exact) mass is 310 g/mol. The van der Waals surface area contributed by atoms with Crippen LogP contribution in [0.5, 0.6) is 0 Å². The van der Waals surface area contributed by atoms with Gasteiger partial charge in [-0.1, -0.05) is 25.8 Å². The number of fused-ring (bicyclic) bond motifs is 1. The molecule has 6 heteroatoms. The summed E-state index contributed by atoms with van der Waals surface area (Å²) in [6.07, 6.45) is 6.95. The number of allylic oxidation sites excluding steroid dienone is 1. The number of aliphatic carboxylic acids is 1. The van der Waals surface area contributed by atoms with E-state index in [1.807, 2.05) is 13.0 Å². The van der Waals surface area contributed by atoms with Crippen LogP contribution in [0, 0.1) is 5.92 Å². The van der Waals surface area contributed by atoms with Crippen molar-refractivity contribution >= 4 is 23.6 Å². The average molecular weight is 310 g/mol. The molecule has 1 amide bonds. The third-order valence-electron chi connectivity index (χ3n) is 3.82. The van der Waals surface area contributed by atoms with Crippen molar-refractivity contribution in [3.63, 3.8) is 0 Å². The van der Waals surface area contributed by atoms with Gasteiger partial charge in [0.15, 0.2) is 0 Å². The van der Waals surface area contributed by atoms with E-state index in [4.69, 9.17) is 5.11 Å². The summed E-state index contributed by atoms with van der Waals surface area (Å²) < 4.78 is 0. The second kappa shape index (κ2) is 7.02. The Morgan fingerprint density at radius 2 is 2.33 bits per heavy atom. The SMILES string of the molecule is C/C=C(/NCCCCC)C1C(=O)N2C(C(=O)O)=CCS[C@H]12. The number of hydrogen-bond donors (Lipinski definition) is 2. The molecule has 1 unspecified atom stereocenters. The Morgan fingerprint density at radius 3 is 2.95 bits per heavy atom. The van der Waals surface area contributed by atoms with E-state index in [1.165, 1.54) is 11.3 Å². The summed E-state index contributed by atoms with van der Waals surface area (Å²) in [7, 11) is 0. The van der Waals surface area contributed by atoms with Crippen LogP contribution in [0.3, 0.4) is 0 Å². The van der Waals surface area contributed by atoms with Crippen LogP contribution in [0.4, 0.5) is 0 Å². The molecule has 116 valence electrons. The Balaban J connectivity index is 2.01. The van der Waals surface area contributed by atoms with Gasteiger partial charge in [-0.05, 0) is 19.4 Å². The number of carbonyl (C=O) groups excluding carboxylic acids is 1. The van der Waals surface area contributed by atoms with Gasteiger partial charge in [-0.2, -0.15) is 0 Å². The Morgan fingerprint density at radius 1 is 1.57 bits per heavy atom. The van der Waals surface area contributed by atoms with E-state index < -0.39 is 5.97 Å². The van der Waals surface area contributed by atoms with E-state index in [1.54, 1.807) is 17.8 Å². The zero-order valence-electron chi connectivity index (χ0n) is 12.5. The first kappa shape index (κ1) is 15.9. The quantitative estimate of drug-likeness (QED) is 0.557. The summed E-state index contributed by atoms with van der Waals surface area (Å²) in [5.41, 5.74) is 1.05. The summed E-state index contributed by atoms with van der Waals surface area (Å²) in [4.78, 5) is 24.9. The number of amides is 1. The van der Waals surface area contributed by atoms with E-state index in [0.29, 0.717) is 5.75 Å². The highest BCUT2D eigenvalue weighted by molar-refractivity contribution is 8.00. The van der Waals surface area contributed by atoms with Crippen LogP contribution in [0.1, 0.15) is 33.1 Å². The van der Waals surface area contributed by atoms with Gasteiger partial charge in [-0.15, -0.1) is 11.8 Å². The molecule has 2 atom stereocenters. The lowest BCUT2D eigenvalue weighted by molar-refractivity contribution is -0.150. The van der Waals surface area contributed by atoms with Crippen LogP contribution in [-0.2, 0) is 9.59 Å². The third-order valence-corrected chi connectivity index (χ3v) is 5.00. The van der Waals surface area contributed by atoms with Crippen LogP contribution in [0.2, 0.25) is 0 Å². The number of nitrogens with zero attached hydrogens (tertiary/aromatic N) is 1. The van der Waals surface area contributed by atoms with Crippen molar-refractivity contribution in [2.45, 2.75) is 38.5 Å². The van der Waals surface area contributed by atoms with E-state index in [9.17, 15) is 9.59 Å². The molecule has 0 aromatic rings. The standard InChI is InChI=1S/C15H22N2O3S/c1-3-5-6-8-16-10(4-2)12-13(18)17-11(15(19)20)7-9-21-14(12)17/h4,7,12,14,16H,3,5-6,8-9H2,1-2H3,(H,19,20)/b10-4+/t12?,14-/m1/s1. The lowest BCUT2D eigenvalue weighted by Gasteiger charge is -2.49. The van der Waals surface area contributed by atoms with E-state index >= 15 is 0 Å². The lowest BCUT2D eigenvalue weighted by Crippen LogP contribution is -2.62. The highest BCUT2D eigenvalue weighted by Crippen LogP contribution is 2.44. The number of hydrogen-bond acceptors (Lipinski definition) is 4.